The minimum absolute atomic E-state index is 0.0191. The SMILES string of the molecule is C=C1CC[C@@H]2[C@](C)(CCC[C@]2(C)C(=O)OC)[C@H]1CCc1ccoc1C[N@+]1(C)CCCC[C@H]1C. The van der Waals surface area contributed by atoms with Crippen LogP contribution < -0.4 is 0 Å². The molecule has 6 atom stereocenters. The molecule has 0 amide bonds. The Hall–Kier alpha value is -1.55. The van der Waals surface area contributed by atoms with E-state index in [9.17, 15) is 4.79 Å². The van der Waals surface area contributed by atoms with Gasteiger partial charge in [-0.2, -0.15) is 0 Å². The largest absolute Gasteiger partial charge is 0.469 e. The number of nitrogens with zero attached hydrogens (tertiary/aromatic N) is 1. The predicted octanol–water partition coefficient (Wildman–Crippen LogP) is 6.68. The van der Waals surface area contributed by atoms with Gasteiger partial charge in [-0.25, -0.2) is 0 Å². The van der Waals surface area contributed by atoms with Crippen LogP contribution in [0.1, 0.15) is 89.9 Å². The average Bonchev–Trinajstić information content (AvgIpc) is 3.21. The number of likely N-dealkylation sites (tertiary alicyclic amines) is 1. The number of esters is 1. The second-order valence-electron chi connectivity index (χ2n) is 12.2. The van der Waals surface area contributed by atoms with E-state index in [0.29, 0.717) is 17.9 Å². The minimum atomic E-state index is -0.370. The highest BCUT2D eigenvalue weighted by Gasteiger charge is 2.57. The first kappa shape index (κ1) is 24.6. The van der Waals surface area contributed by atoms with Gasteiger partial charge in [-0.15, -0.1) is 0 Å². The third-order valence-corrected chi connectivity index (χ3v) is 10.3. The topological polar surface area (TPSA) is 39.4 Å². The zero-order valence-electron chi connectivity index (χ0n) is 21.8. The van der Waals surface area contributed by atoms with Crippen molar-refractivity contribution < 1.29 is 18.4 Å². The lowest BCUT2D eigenvalue weighted by Gasteiger charge is -2.57. The number of aryl methyl sites for hydroxylation is 1. The van der Waals surface area contributed by atoms with E-state index in [0.717, 1.165) is 49.6 Å². The summed E-state index contributed by atoms with van der Waals surface area (Å²) in [6.07, 6.45) is 13.3. The van der Waals surface area contributed by atoms with E-state index in [1.807, 2.05) is 6.26 Å². The highest BCUT2D eigenvalue weighted by Crippen LogP contribution is 2.62. The van der Waals surface area contributed by atoms with E-state index < -0.39 is 0 Å². The Bertz CT molecular complexity index is 874. The summed E-state index contributed by atoms with van der Waals surface area (Å²) in [5.74, 6) is 1.97. The van der Waals surface area contributed by atoms with E-state index in [2.05, 4.69) is 40.5 Å². The fraction of sp³-hybridized carbons (Fsp3) is 0.759. The Kier molecular flexibility index (Phi) is 6.88. The number of ether oxygens (including phenoxy) is 1. The van der Waals surface area contributed by atoms with Gasteiger partial charge < -0.3 is 13.6 Å². The number of piperidine rings is 1. The van der Waals surface area contributed by atoms with Gasteiger partial charge in [0.05, 0.1) is 38.4 Å². The molecule has 1 aromatic heterocycles. The highest BCUT2D eigenvalue weighted by atomic mass is 16.5. The Morgan fingerprint density at radius 3 is 2.76 bits per heavy atom. The second-order valence-corrected chi connectivity index (χ2v) is 12.2. The number of methoxy groups -OCH3 is 1. The number of carbonyl (C=O) groups is 1. The number of hydrogen-bond donors (Lipinski definition) is 0. The standard InChI is InChI=1S/C29H46NO3/c1-21-11-14-26-28(3,16-9-17-29(26,4)27(31)32-6)24(21)13-12-23-15-19-33-25(23)20-30(5)18-8-7-10-22(30)2/h15,19,22,24,26H,1,7-14,16-18,20H2,2-6H3/q+1/t22-,24+,26-,28-,29+,30+/m1/s1. The number of carbonyl (C=O) groups excluding carboxylic acids is 1. The molecule has 184 valence electrons. The molecule has 0 spiro atoms. The molecule has 0 aromatic carbocycles. The van der Waals surface area contributed by atoms with Crippen LogP contribution in [0.4, 0.5) is 0 Å². The maximum atomic E-state index is 12.9. The molecule has 2 aliphatic carbocycles. The van der Waals surface area contributed by atoms with Crippen molar-refractivity contribution in [2.75, 3.05) is 20.7 Å². The molecule has 2 heterocycles. The van der Waals surface area contributed by atoms with E-state index in [1.165, 1.54) is 49.1 Å². The molecule has 0 N–H and O–H groups in total. The molecule has 2 saturated carbocycles. The summed E-state index contributed by atoms with van der Waals surface area (Å²) >= 11 is 0. The van der Waals surface area contributed by atoms with Crippen LogP contribution in [0.3, 0.4) is 0 Å². The first-order valence-electron chi connectivity index (χ1n) is 13.3. The summed E-state index contributed by atoms with van der Waals surface area (Å²) in [4.78, 5) is 12.9. The van der Waals surface area contributed by atoms with Gasteiger partial charge in [0.15, 0.2) is 5.76 Å². The van der Waals surface area contributed by atoms with Crippen LogP contribution in [0.5, 0.6) is 0 Å². The Morgan fingerprint density at radius 2 is 2.03 bits per heavy atom. The molecule has 0 unspecified atom stereocenters. The molecule has 3 aliphatic rings. The molecule has 1 aromatic rings. The van der Waals surface area contributed by atoms with Gasteiger partial charge in [-0.05, 0) is 101 Å². The fourth-order valence-electron chi connectivity index (χ4n) is 8.00. The average molecular weight is 457 g/mol. The fourth-order valence-corrected chi connectivity index (χ4v) is 8.00. The summed E-state index contributed by atoms with van der Waals surface area (Å²) in [7, 11) is 3.95. The summed E-state index contributed by atoms with van der Waals surface area (Å²) in [6.45, 7) is 13.8. The first-order chi connectivity index (χ1) is 15.6. The van der Waals surface area contributed by atoms with Crippen molar-refractivity contribution >= 4 is 5.97 Å². The van der Waals surface area contributed by atoms with E-state index in [1.54, 1.807) is 7.11 Å². The van der Waals surface area contributed by atoms with Crippen LogP contribution in [0.25, 0.3) is 0 Å². The van der Waals surface area contributed by atoms with Gasteiger partial charge in [0.2, 0.25) is 0 Å². The van der Waals surface area contributed by atoms with E-state index >= 15 is 0 Å². The summed E-state index contributed by atoms with van der Waals surface area (Å²) in [6, 6.07) is 2.88. The molecular formula is C29H46NO3+. The van der Waals surface area contributed by atoms with Crippen LogP contribution in [0, 0.1) is 22.7 Å². The van der Waals surface area contributed by atoms with Gasteiger partial charge in [-0.3, -0.25) is 4.79 Å². The molecule has 4 nitrogen and oxygen atoms in total. The molecule has 4 heteroatoms. The second kappa shape index (κ2) is 9.24. The van der Waals surface area contributed by atoms with Crippen LogP contribution in [0.2, 0.25) is 0 Å². The van der Waals surface area contributed by atoms with Gasteiger partial charge in [0, 0.05) is 0 Å². The van der Waals surface area contributed by atoms with Crippen molar-refractivity contribution in [2.24, 2.45) is 22.7 Å². The van der Waals surface area contributed by atoms with E-state index in [4.69, 9.17) is 9.15 Å². The molecule has 3 fully saturated rings. The molecule has 4 rings (SSSR count). The van der Waals surface area contributed by atoms with Gasteiger partial charge in [0.1, 0.15) is 6.54 Å². The summed E-state index contributed by atoms with van der Waals surface area (Å²) in [5.41, 5.74) is 2.50. The first-order valence-corrected chi connectivity index (χ1v) is 13.3. The zero-order valence-corrected chi connectivity index (χ0v) is 21.8. The molecular weight excluding hydrogens is 410 g/mol. The maximum Gasteiger partial charge on any atom is 0.311 e. The van der Waals surface area contributed by atoms with Crippen LogP contribution in [-0.2, 0) is 22.5 Å². The van der Waals surface area contributed by atoms with Crippen molar-refractivity contribution in [3.05, 3.63) is 35.8 Å². The number of fused-ring (bicyclic) bond motifs is 1. The van der Waals surface area contributed by atoms with Crippen molar-refractivity contribution in [1.82, 2.24) is 0 Å². The lowest BCUT2D eigenvalue weighted by molar-refractivity contribution is -0.949. The molecule has 0 bridgehead atoms. The lowest BCUT2D eigenvalue weighted by atomic mass is 9.46. The maximum absolute atomic E-state index is 12.9. The minimum Gasteiger partial charge on any atom is -0.469 e. The van der Waals surface area contributed by atoms with Crippen LogP contribution >= 0.6 is 0 Å². The molecule has 0 radical (unpaired) electrons. The predicted molar refractivity (Wildman–Crippen MR) is 133 cm³/mol. The van der Waals surface area contributed by atoms with Crippen molar-refractivity contribution in [2.45, 2.75) is 97.6 Å². The smallest absolute Gasteiger partial charge is 0.311 e. The van der Waals surface area contributed by atoms with Gasteiger partial charge >= 0.3 is 5.97 Å². The van der Waals surface area contributed by atoms with Crippen molar-refractivity contribution in [1.29, 1.82) is 0 Å². The third kappa shape index (κ3) is 4.33. The third-order valence-electron chi connectivity index (χ3n) is 10.3. The van der Waals surface area contributed by atoms with Crippen LogP contribution in [-0.4, -0.2) is 37.2 Å². The normalized spacial score (nSPS) is 39.2. The van der Waals surface area contributed by atoms with Crippen molar-refractivity contribution in [3.8, 4) is 0 Å². The number of allylic oxidation sites excluding steroid dienone is 1. The highest BCUT2D eigenvalue weighted by molar-refractivity contribution is 5.77. The quantitative estimate of drug-likeness (QED) is 0.272. The Morgan fingerprint density at radius 1 is 1.24 bits per heavy atom. The van der Waals surface area contributed by atoms with E-state index in [-0.39, 0.29) is 16.8 Å². The Balaban J connectivity index is 1.51. The van der Waals surface area contributed by atoms with Gasteiger partial charge in [0.25, 0.3) is 0 Å². The summed E-state index contributed by atoms with van der Waals surface area (Å²) in [5, 5.41) is 0. The Labute approximate surface area is 201 Å². The monoisotopic (exact) mass is 456 g/mol. The summed E-state index contributed by atoms with van der Waals surface area (Å²) < 4.78 is 12.4. The molecule has 33 heavy (non-hydrogen) atoms. The number of rotatable bonds is 6. The number of quaternary nitrogens is 1. The van der Waals surface area contributed by atoms with Gasteiger partial charge in [-0.1, -0.05) is 25.5 Å². The zero-order chi connectivity index (χ0) is 23.9. The number of hydrogen-bond acceptors (Lipinski definition) is 3. The number of furan rings is 1. The van der Waals surface area contributed by atoms with Crippen molar-refractivity contribution in [3.63, 3.8) is 0 Å². The molecule has 1 saturated heterocycles. The lowest BCUT2D eigenvalue weighted by Crippen LogP contribution is -2.53. The molecule has 1 aliphatic heterocycles. The van der Waals surface area contributed by atoms with Crippen LogP contribution in [0.15, 0.2) is 28.9 Å².